The van der Waals surface area contributed by atoms with E-state index in [0.717, 1.165) is 11.1 Å². The molecule has 0 saturated heterocycles. The molecule has 0 bridgehead atoms. The lowest BCUT2D eigenvalue weighted by molar-refractivity contribution is -0.124. The Morgan fingerprint density at radius 3 is 0.918 bits per heavy atom. The third-order valence-electron chi connectivity index (χ3n) is 9.98. The summed E-state index contributed by atoms with van der Waals surface area (Å²) in [4.78, 5) is 55.6. The van der Waals surface area contributed by atoms with Crippen molar-refractivity contribution in [1.82, 2.24) is 9.80 Å². The van der Waals surface area contributed by atoms with Crippen molar-refractivity contribution < 1.29 is 19.2 Å². The van der Waals surface area contributed by atoms with Crippen molar-refractivity contribution in [2.24, 2.45) is 17.2 Å². The average molecular weight is 850 g/mol. The van der Waals surface area contributed by atoms with Gasteiger partial charge in [-0.2, -0.15) is 0 Å². The minimum atomic E-state index is -0.846. The predicted octanol–water partition coefficient (Wildman–Crippen LogP) is 10.1. The number of primary amides is 2. The van der Waals surface area contributed by atoms with Gasteiger partial charge in [-0.05, 0) is 71.5 Å². The van der Waals surface area contributed by atoms with Crippen LogP contribution in [0.3, 0.4) is 0 Å². The van der Waals surface area contributed by atoms with Gasteiger partial charge in [0.15, 0.2) is 0 Å². The van der Waals surface area contributed by atoms with E-state index in [4.69, 9.17) is 17.2 Å². The van der Waals surface area contributed by atoms with Crippen molar-refractivity contribution >= 4 is 46.3 Å². The number of thiophene rings is 2. The minimum Gasteiger partial charge on any atom is -0.368 e. The maximum atomic E-state index is 13.3. The normalized spacial score (nSPS) is 13.0. The van der Waals surface area contributed by atoms with E-state index in [9.17, 15) is 19.2 Å². The van der Waals surface area contributed by atoms with Gasteiger partial charge in [-0.1, -0.05) is 164 Å². The third kappa shape index (κ3) is 12.2. The SMILES string of the molecule is C[C@@H](N)c1ccccc1.C[C@H](c1ccccc1)N(C(=O)c1cccs1)[C@@H](C(N)=O)c1ccccc1.C[C@H](c1ccccc1)N(C(=O)c1cccs1)[C@H](C(N)=O)c1ccccc1. The molecule has 0 aliphatic carbocycles. The van der Waals surface area contributed by atoms with Gasteiger partial charge in [0.2, 0.25) is 11.8 Å². The highest BCUT2D eigenvalue weighted by Crippen LogP contribution is 2.35. The molecule has 7 rings (SSSR count). The van der Waals surface area contributed by atoms with Crippen molar-refractivity contribution in [3.05, 3.63) is 224 Å². The molecule has 0 saturated carbocycles. The molecule has 6 N–H and O–H groups in total. The summed E-state index contributed by atoms with van der Waals surface area (Å²) in [6, 6.07) is 52.7. The van der Waals surface area contributed by atoms with E-state index >= 15 is 0 Å². The standard InChI is InChI=1S/2C21H20N2O2S.C8H11N/c2*1-15(16-9-4-2-5-10-16)23(21(25)18-13-8-14-26-18)19(20(22)24)17-11-6-3-7-12-17;1-7(9)8-5-3-2-4-6-8/h2*2-15,19H,1H3,(H2,22,24);2-7H,9H2,1H3/t15-,19+;15-,19-;7-/m111/s1. The van der Waals surface area contributed by atoms with Gasteiger partial charge in [-0.15, -0.1) is 22.7 Å². The Kier molecular flexibility index (Phi) is 16.9. The molecule has 7 aromatic rings. The van der Waals surface area contributed by atoms with Crippen LogP contribution in [0.25, 0.3) is 0 Å². The van der Waals surface area contributed by atoms with Gasteiger partial charge in [-0.3, -0.25) is 19.2 Å². The molecule has 0 fully saturated rings. The zero-order valence-electron chi connectivity index (χ0n) is 34.4. The van der Waals surface area contributed by atoms with E-state index in [2.05, 4.69) is 0 Å². The fourth-order valence-corrected chi connectivity index (χ4v) is 8.16. The molecular formula is C50H51N5O4S2. The molecule has 61 heavy (non-hydrogen) atoms. The van der Waals surface area contributed by atoms with Crippen molar-refractivity contribution in [2.75, 3.05) is 0 Å². The predicted molar refractivity (Wildman–Crippen MR) is 246 cm³/mol. The Morgan fingerprint density at radius 1 is 0.410 bits per heavy atom. The Labute approximate surface area is 366 Å². The number of carbonyl (C=O) groups excluding carboxylic acids is 4. The second kappa shape index (κ2) is 22.6. The molecule has 0 radical (unpaired) electrons. The molecule has 5 aromatic carbocycles. The summed E-state index contributed by atoms with van der Waals surface area (Å²) >= 11 is 2.71. The number of benzene rings is 5. The monoisotopic (exact) mass is 849 g/mol. The number of hydrogen-bond acceptors (Lipinski definition) is 7. The smallest absolute Gasteiger partial charge is 0.265 e. The summed E-state index contributed by atoms with van der Waals surface area (Å²) in [7, 11) is 0. The highest BCUT2D eigenvalue weighted by Gasteiger charge is 2.36. The summed E-state index contributed by atoms with van der Waals surface area (Å²) in [5, 5.41) is 3.70. The fraction of sp³-hybridized carbons (Fsp3) is 0.160. The van der Waals surface area contributed by atoms with E-state index in [1.54, 1.807) is 21.9 Å². The lowest BCUT2D eigenvalue weighted by Gasteiger charge is -2.35. The van der Waals surface area contributed by atoms with Crippen LogP contribution >= 0.6 is 22.7 Å². The lowest BCUT2D eigenvalue weighted by Crippen LogP contribution is -2.43. The van der Waals surface area contributed by atoms with Gasteiger partial charge >= 0.3 is 0 Å². The second-order valence-corrected chi connectivity index (χ2v) is 16.1. The Morgan fingerprint density at radius 2 is 0.689 bits per heavy atom. The average Bonchev–Trinajstić information content (AvgIpc) is 4.05. The maximum absolute atomic E-state index is 13.3. The molecule has 5 atom stereocenters. The van der Waals surface area contributed by atoms with E-state index in [-0.39, 0.29) is 29.9 Å². The molecule has 0 aliphatic rings. The number of nitrogens with zero attached hydrogens (tertiary/aromatic N) is 2. The van der Waals surface area contributed by atoms with Crippen LogP contribution < -0.4 is 17.2 Å². The molecule has 0 aliphatic heterocycles. The van der Waals surface area contributed by atoms with Crippen LogP contribution in [0.2, 0.25) is 0 Å². The molecule has 2 aromatic heterocycles. The van der Waals surface area contributed by atoms with E-state index in [0.29, 0.717) is 20.9 Å². The first-order chi connectivity index (χ1) is 29.5. The molecule has 0 spiro atoms. The summed E-state index contributed by atoms with van der Waals surface area (Å²) < 4.78 is 0. The van der Waals surface area contributed by atoms with Gasteiger partial charge in [0.1, 0.15) is 12.1 Å². The first-order valence-electron chi connectivity index (χ1n) is 19.8. The van der Waals surface area contributed by atoms with E-state index in [1.807, 2.05) is 195 Å². The summed E-state index contributed by atoms with van der Waals surface area (Å²) in [5.41, 5.74) is 21.6. The van der Waals surface area contributed by atoms with Gasteiger partial charge < -0.3 is 27.0 Å². The van der Waals surface area contributed by atoms with Crippen LogP contribution in [0, 0.1) is 0 Å². The zero-order valence-corrected chi connectivity index (χ0v) is 36.0. The lowest BCUT2D eigenvalue weighted by atomic mass is 9.99. The molecule has 9 nitrogen and oxygen atoms in total. The van der Waals surface area contributed by atoms with E-state index in [1.165, 1.54) is 28.2 Å². The van der Waals surface area contributed by atoms with Crippen LogP contribution in [0.1, 0.15) is 98.1 Å². The number of amides is 4. The molecular weight excluding hydrogens is 799 g/mol. The molecule has 0 unspecified atom stereocenters. The van der Waals surface area contributed by atoms with Gasteiger partial charge in [-0.25, -0.2) is 0 Å². The minimum absolute atomic E-state index is 0.159. The molecule has 2 heterocycles. The first-order valence-corrected chi connectivity index (χ1v) is 21.6. The summed E-state index contributed by atoms with van der Waals surface area (Å²) in [5.74, 6) is -1.51. The van der Waals surface area contributed by atoms with Gasteiger partial charge in [0.05, 0.1) is 21.8 Å². The topological polar surface area (TPSA) is 153 Å². The van der Waals surface area contributed by atoms with Crippen molar-refractivity contribution in [2.45, 2.75) is 51.0 Å². The number of nitrogens with two attached hydrogens (primary N) is 3. The quantitative estimate of drug-likeness (QED) is 0.105. The van der Waals surface area contributed by atoms with Gasteiger partial charge in [0.25, 0.3) is 11.8 Å². The highest BCUT2D eigenvalue weighted by molar-refractivity contribution is 7.12. The summed E-state index contributed by atoms with van der Waals surface area (Å²) in [6.45, 7) is 5.81. The number of carbonyl (C=O) groups is 4. The van der Waals surface area contributed by atoms with Gasteiger partial charge in [0, 0.05) is 6.04 Å². The van der Waals surface area contributed by atoms with Crippen LogP contribution in [-0.4, -0.2) is 33.4 Å². The maximum Gasteiger partial charge on any atom is 0.265 e. The largest absolute Gasteiger partial charge is 0.368 e. The van der Waals surface area contributed by atoms with Crippen LogP contribution in [0.5, 0.6) is 0 Å². The Bertz CT molecular complexity index is 2230. The summed E-state index contributed by atoms with van der Waals surface area (Å²) in [6.07, 6.45) is 0. The van der Waals surface area contributed by atoms with E-state index < -0.39 is 23.9 Å². The molecule has 4 amide bonds. The molecule has 312 valence electrons. The zero-order chi connectivity index (χ0) is 43.7. The third-order valence-corrected chi connectivity index (χ3v) is 11.7. The van der Waals surface area contributed by atoms with Crippen molar-refractivity contribution in [3.8, 4) is 0 Å². The second-order valence-electron chi connectivity index (χ2n) is 14.2. The van der Waals surface area contributed by atoms with Crippen molar-refractivity contribution in [1.29, 1.82) is 0 Å². The Balaban J connectivity index is 0.000000192. The number of hydrogen-bond donors (Lipinski definition) is 3. The van der Waals surface area contributed by atoms with Crippen LogP contribution in [-0.2, 0) is 9.59 Å². The fourth-order valence-electron chi connectivity index (χ4n) is 6.82. The number of rotatable bonds is 13. The highest BCUT2D eigenvalue weighted by atomic mass is 32.1. The Hall–Kier alpha value is -6.66. The molecule has 11 heteroatoms. The first kappa shape index (κ1) is 45.4. The van der Waals surface area contributed by atoms with Crippen LogP contribution in [0.4, 0.5) is 0 Å². The van der Waals surface area contributed by atoms with Crippen molar-refractivity contribution in [3.63, 3.8) is 0 Å². The van der Waals surface area contributed by atoms with Crippen LogP contribution in [0.15, 0.2) is 187 Å².